The minimum Gasteiger partial charge on any atom is -0.300 e. The molecule has 5 nitrogen and oxygen atoms in total. The molecule has 0 saturated carbocycles. The van der Waals surface area contributed by atoms with Gasteiger partial charge < -0.3 is 0 Å². The molecule has 0 amide bonds. The molecule has 1 saturated heterocycles. The first-order chi connectivity index (χ1) is 11.6. The van der Waals surface area contributed by atoms with Gasteiger partial charge in [0.25, 0.3) is 0 Å². The van der Waals surface area contributed by atoms with E-state index in [1.807, 2.05) is 18.3 Å². The van der Waals surface area contributed by atoms with Crippen molar-refractivity contribution in [2.75, 3.05) is 24.6 Å². The summed E-state index contributed by atoms with van der Waals surface area (Å²) in [4.78, 5) is 6.52. The van der Waals surface area contributed by atoms with Crippen LogP contribution in [0.3, 0.4) is 0 Å². The number of benzene rings is 1. The molecule has 0 unspecified atom stereocenters. The second-order valence-corrected chi connectivity index (χ2v) is 8.49. The van der Waals surface area contributed by atoms with Crippen molar-refractivity contribution in [1.29, 1.82) is 0 Å². The van der Waals surface area contributed by atoms with Gasteiger partial charge in [0.05, 0.1) is 17.2 Å². The summed E-state index contributed by atoms with van der Waals surface area (Å²) in [5.41, 5.74) is 4.39. The molecule has 0 spiro atoms. The largest absolute Gasteiger partial charge is 0.300 e. The minimum absolute atomic E-state index is 0.272. The van der Waals surface area contributed by atoms with Gasteiger partial charge >= 0.3 is 0 Å². The normalized spacial score (nSPS) is 18.0. The number of rotatable bonds is 3. The fourth-order valence-corrected chi connectivity index (χ4v) is 4.41. The molecule has 1 aromatic carbocycles. The van der Waals surface area contributed by atoms with Gasteiger partial charge in [0.15, 0.2) is 9.84 Å². The van der Waals surface area contributed by atoms with Crippen LogP contribution in [-0.2, 0) is 16.4 Å². The third-order valence-electron chi connectivity index (χ3n) is 4.52. The molecule has 2 aromatic heterocycles. The Morgan fingerprint density at radius 3 is 2.50 bits per heavy atom. The molecule has 24 heavy (non-hydrogen) atoms. The first-order valence-corrected chi connectivity index (χ1v) is 9.87. The molecule has 0 N–H and O–H groups in total. The fourth-order valence-electron chi connectivity index (χ4n) is 3.13. The molecule has 0 aliphatic carbocycles. The number of nitrogens with zero attached hydrogens (tertiary/aromatic N) is 3. The Balaban J connectivity index is 1.52. The maximum absolute atomic E-state index is 11.5. The Hall–Kier alpha value is -2.18. The lowest BCUT2D eigenvalue weighted by Crippen LogP contribution is -2.39. The van der Waals surface area contributed by atoms with Gasteiger partial charge in [-0.05, 0) is 23.3 Å². The molecule has 4 rings (SSSR count). The van der Waals surface area contributed by atoms with E-state index in [1.165, 1.54) is 5.56 Å². The summed E-state index contributed by atoms with van der Waals surface area (Å²) in [6.45, 7) is 2.04. The van der Waals surface area contributed by atoms with Crippen LogP contribution in [-0.4, -0.2) is 47.3 Å². The van der Waals surface area contributed by atoms with Crippen LogP contribution in [0, 0.1) is 0 Å². The maximum atomic E-state index is 11.5. The van der Waals surface area contributed by atoms with Gasteiger partial charge in [-0.2, -0.15) is 0 Å². The van der Waals surface area contributed by atoms with Gasteiger partial charge in [0.1, 0.15) is 5.65 Å². The Morgan fingerprint density at radius 2 is 1.75 bits per heavy atom. The Bertz CT molecular complexity index is 947. The molecule has 6 heteroatoms. The Morgan fingerprint density at radius 1 is 1.00 bits per heavy atom. The molecule has 1 fully saturated rings. The van der Waals surface area contributed by atoms with E-state index in [-0.39, 0.29) is 11.5 Å². The van der Waals surface area contributed by atoms with Crippen LogP contribution in [0.15, 0.2) is 54.9 Å². The Labute approximate surface area is 141 Å². The molecule has 0 bridgehead atoms. The predicted octanol–water partition coefficient (Wildman–Crippen LogP) is 2.23. The molecule has 3 aromatic rings. The SMILES string of the molecule is O=S1(=O)CCN(Cc2ccc(-c3cccc4nccn34)cc2)CC1. The first-order valence-electron chi connectivity index (χ1n) is 8.05. The van der Waals surface area contributed by atoms with Crippen molar-refractivity contribution in [2.45, 2.75) is 6.54 Å². The summed E-state index contributed by atoms with van der Waals surface area (Å²) in [6.07, 6.45) is 3.77. The molecule has 0 radical (unpaired) electrons. The second kappa shape index (κ2) is 6.03. The van der Waals surface area contributed by atoms with Crippen molar-refractivity contribution < 1.29 is 8.42 Å². The van der Waals surface area contributed by atoms with Crippen molar-refractivity contribution >= 4 is 15.5 Å². The van der Waals surface area contributed by atoms with Crippen LogP contribution in [0.2, 0.25) is 0 Å². The summed E-state index contributed by atoms with van der Waals surface area (Å²) in [5.74, 6) is 0.543. The van der Waals surface area contributed by atoms with Gasteiger partial charge in [-0.3, -0.25) is 9.30 Å². The molecule has 0 atom stereocenters. The summed E-state index contributed by atoms with van der Waals surface area (Å²) in [5, 5.41) is 0. The zero-order valence-corrected chi connectivity index (χ0v) is 14.1. The number of sulfone groups is 1. The average molecular weight is 341 g/mol. The third kappa shape index (κ3) is 3.07. The summed E-state index contributed by atoms with van der Waals surface area (Å²) in [6, 6.07) is 14.6. The van der Waals surface area contributed by atoms with Gasteiger partial charge in [-0.25, -0.2) is 13.4 Å². The monoisotopic (exact) mass is 341 g/mol. The number of hydrogen-bond acceptors (Lipinski definition) is 4. The molecule has 124 valence electrons. The highest BCUT2D eigenvalue weighted by Gasteiger charge is 2.21. The van der Waals surface area contributed by atoms with E-state index in [1.54, 1.807) is 6.20 Å². The molecular formula is C18H19N3O2S. The van der Waals surface area contributed by atoms with Gasteiger partial charge in [0, 0.05) is 32.0 Å². The van der Waals surface area contributed by atoms with Gasteiger partial charge in [-0.15, -0.1) is 0 Å². The highest BCUT2D eigenvalue weighted by atomic mass is 32.2. The zero-order chi connectivity index (χ0) is 16.6. The van der Waals surface area contributed by atoms with E-state index in [2.05, 4.69) is 44.6 Å². The lowest BCUT2D eigenvalue weighted by atomic mass is 10.1. The summed E-state index contributed by atoms with van der Waals surface area (Å²) < 4.78 is 25.1. The van der Waals surface area contributed by atoms with E-state index < -0.39 is 9.84 Å². The van der Waals surface area contributed by atoms with Crippen LogP contribution < -0.4 is 0 Å². The van der Waals surface area contributed by atoms with Crippen molar-refractivity contribution in [3.05, 3.63) is 60.4 Å². The fraction of sp³-hybridized carbons (Fsp3) is 0.278. The maximum Gasteiger partial charge on any atom is 0.152 e. The third-order valence-corrected chi connectivity index (χ3v) is 6.13. The van der Waals surface area contributed by atoms with Gasteiger partial charge in [0.2, 0.25) is 0 Å². The topological polar surface area (TPSA) is 54.7 Å². The first kappa shape index (κ1) is 15.4. The number of aromatic nitrogens is 2. The average Bonchev–Trinajstić information content (AvgIpc) is 3.06. The molecule has 1 aliphatic heterocycles. The lowest BCUT2D eigenvalue weighted by Gasteiger charge is -2.26. The predicted molar refractivity (Wildman–Crippen MR) is 94.6 cm³/mol. The number of imidazole rings is 1. The number of hydrogen-bond donors (Lipinski definition) is 0. The summed E-state index contributed by atoms with van der Waals surface area (Å²) >= 11 is 0. The Kier molecular flexibility index (Phi) is 3.86. The van der Waals surface area contributed by atoms with Crippen LogP contribution in [0.4, 0.5) is 0 Å². The van der Waals surface area contributed by atoms with Crippen LogP contribution in [0.5, 0.6) is 0 Å². The van der Waals surface area contributed by atoms with Crippen molar-refractivity contribution in [3.8, 4) is 11.3 Å². The molecule has 1 aliphatic rings. The van der Waals surface area contributed by atoms with Crippen molar-refractivity contribution in [3.63, 3.8) is 0 Å². The van der Waals surface area contributed by atoms with E-state index in [4.69, 9.17) is 0 Å². The van der Waals surface area contributed by atoms with E-state index in [9.17, 15) is 8.42 Å². The number of fused-ring (bicyclic) bond motifs is 1. The standard InChI is InChI=1S/C18H19N3O2S/c22-24(23)12-10-20(11-13-24)14-15-4-6-16(7-5-15)17-2-1-3-18-19-8-9-21(17)18/h1-9H,10-14H2. The highest BCUT2D eigenvalue weighted by molar-refractivity contribution is 7.91. The minimum atomic E-state index is -2.82. The lowest BCUT2D eigenvalue weighted by molar-refractivity contribution is 0.287. The zero-order valence-electron chi connectivity index (χ0n) is 13.3. The highest BCUT2D eigenvalue weighted by Crippen LogP contribution is 2.21. The second-order valence-electron chi connectivity index (χ2n) is 6.19. The smallest absolute Gasteiger partial charge is 0.152 e. The van der Waals surface area contributed by atoms with Crippen LogP contribution in [0.25, 0.3) is 16.9 Å². The molecular weight excluding hydrogens is 322 g/mol. The van der Waals surface area contributed by atoms with Crippen molar-refractivity contribution in [2.24, 2.45) is 0 Å². The van der Waals surface area contributed by atoms with E-state index >= 15 is 0 Å². The number of pyridine rings is 1. The quantitative estimate of drug-likeness (QED) is 0.733. The van der Waals surface area contributed by atoms with Gasteiger partial charge in [-0.1, -0.05) is 30.3 Å². The van der Waals surface area contributed by atoms with E-state index in [0.717, 1.165) is 23.4 Å². The van der Waals surface area contributed by atoms with Crippen LogP contribution >= 0.6 is 0 Å². The van der Waals surface area contributed by atoms with Crippen molar-refractivity contribution in [1.82, 2.24) is 14.3 Å². The van der Waals surface area contributed by atoms with E-state index in [0.29, 0.717) is 13.1 Å². The van der Waals surface area contributed by atoms with Crippen LogP contribution in [0.1, 0.15) is 5.56 Å². The summed E-state index contributed by atoms with van der Waals surface area (Å²) in [7, 11) is -2.82. The molecule has 3 heterocycles.